The van der Waals surface area contributed by atoms with Gasteiger partial charge in [0.1, 0.15) is 5.56 Å². The summed E-state index contributed by atoms with van der Waals surface area (Å²) in [5.41, 5.74) is 1.86. The van der Waals surface area contributed by atoms with Crippen molar-refractivity contribution >= 4 is 21.9 Å². The maximum atomic E-state index is 11.2. The lowest BCUT2D eigenvalue weighted by Crippen LogP contribution is -2.07. The molecule has 0 spiro atoms. The molecule has 1 aromatic carbocycles. The highest BCUT2D eigenvalue weighted by atomic mass is 79.9. The number of hydrogen-bond acceptors (Lipinski definition) is 2. The van der Waals surface area contributed by atoms with E-state index in [0.717, 1.165) is 22.3 Å². The topological polar surface area (TPSA) is 55.1 Å². The maximum absolute atomic E-state index is 11.2. The van der Waals surface area contributed by atoms with Crippen LogP contribution < -0.4 is 0 Å². The van der Waals surface area contributed by atoms with Crippen molar-refractivity contribution in [2.75, 3.05) is 0 Å². The third-order valence-corrected chi connectivity index (χ3v) is 3.34. The second kappa shape index (κ2) is 5.35. The Bertz CT molecular complexity index is 578. The molecule has 0 fully saturated rings. The Morgan fingerprint density at radius 2 is 2.17 bits per heavy atom. The van der Waals surface area contributed by atoms with E-state index in [1.54, 1.807) is 4.68 Å². The second-order valence-electron chi connectivity index (χ2n) is 3.92. The van der Waals surface area contributed by atoms with Crippen LogP contribution in [0.15, 0.2) is 34.9 Å². The fraction of sp³-hybridized carbons (Fsp3) is 0.231. The van der Waals surface area contributed by atoms with Crippen molar-refractivity contribution in [2.45, 2.75) is 19.8 Å². The molecule has 0 aliphatic carbocycles. The molecule has 0 aliphatic rings. The molecule has 0 aliphatic heterocycles. The van der Waals surface area contributed by atoms with Gasteiger partial charge in [0, 0.05) is 4.47 Å². The van der Waals surface area contributed by atoms with E-state index in [-0.39, 0.29) is 5.56 Å². The number of halogens is 1. The van der Waals surface area contributed by atoms with E-state index in [4.69, 9.17) is 5.11 Å². The monoisotopic (exact) mass is 308 g/mol. The molecule has 0 unspecified atom stereocenters. The number of carboxylic acid groups (broad SMARTS) is 1. The largest absolute Gasteiger partial charge is 0.478 e. The first kappa shape index (κ1) is 12.8. The summed E-state index contributed by atoms with van der Waals surface area (Å²) >= 11 is 3.46. The molecule has 2 aromatic rings. The molecule has 1 heterocycles. The van der Waals surface area contributed by atoms with Crippen LogP contribution in [0.25, 0.3) is 5.69 Å². The van der Waals surface area contributed by atoms with Crippen LogP contribution in [0.5, 0.6) is 0 Å². The zero-order valence-electron chi connectivity index (χ0n) is 9.93. The number of para-hydroxylation sites is 1. The maximum Gasteiger partial charge on any atom is 0.339 e. The van der Waals surface area contributed by atoms with Gasteiger partial charge >= 0.3 is 5.97 Å². The van der Waals surface area contributed by atoms with E-state index in [1.165, 1.54) is 6.20 Å². The van der Waals surface area contributed by atoms with Gasteiger partial charge in [0.25, 0.3) is 0 Å². The number of carbonyl (C=O) groups is 1. The highest BCUT2D eigenvalue weighted by molar-refractivity contribution is 9.10. The smallest absolute Gasteiger partial charge is 0.339 e. The molecule has 94 valence electrons. The highest BCUT2D eigenvalue weighted by Crippen LogP contribution is 2.23. The lowest BCUT2D eigenvalue weighted by Gasteiger charge is -2.09. The van der Waals surface area contributed by atoms with Crippen LogP contribution in [0.1, 0.15) is 29.4 Å². The first-order valence-electron chi connectivity index (χ1n) is 5.70. The third-order valence-electron chi connectivity index (χ3n) is 2.67. The first-order valence-corrected chi connectivity index (χ1v) is 6.49. The predicted octanol–water partition coefficient (Wildman–Crippen LogP) is 3.29. The van der Waals surface area contributed by atoms with Gasteiger partial charge in [-0.05, 0) is 34.5 Å². The lowest BCUT2D eigenvalue weighted by atomic mass is 10.1. The number of rotatable bonds is 4. The third kappa shape index (κ3) is 2.31. The van der Waals surface area contributed by atoms with Crippen LogP contribution in [-0.4, -0.2) is 20.9 Å². The van der Waals surface area contributed by atoms with E-state index in [2.05, 4.69) is 21.0 Å². The molecule has 18 heavy (non-hydrogen) atoms. The van der Waals surface area contributed by atoms with Gasteiger partial charge in [-0.3, -0.25) is 0 Å². The Morgan fingerprint density at radius 1 is 1.44 bits per heavy atom. The van der Waals surface area contributed by atoms with Crippen molar-refractivity contribution < 1.29 is 9.90 Å². The van der Waals surface area contributed by atoms with Gasteiger partial charge in [-0.2, -0.15) is 5.10 Å². The molecule has 1 aromatic heterocycles. The molecule has 0 radical (unpaired) electrons. The van der Waals surface area contributed by atoms with E-state index in [9.17, 15) is 4.79 Å². The van der Waals surface area contributed by atoms with E-state index in [1.807, 2.05) is 31.2 Å². The normalized spacial score (nSPS) is 10.6. The van der Waals surface area contributed by atoms with Crippen LogP contribution in [0, 0.1) is 0 Å². The quantitative estimate of drug-likeness (QED) is 0.943. The van der Waals surface area contributed by atoms with Crippen LogP contribution in [0.2, 0.25) is 0 Å². The Balaban J connectivity index is 2.58. The van der Waals surface area contributed by atoms with Crippen molar-refractivity contribution in [1.82, 2.24) is 9.78 Å². The van der Waals surface area contributed by atoms with Gasteiger partial charge < -0.3 is 5.11 Å². The van der Waals surface area contributed by atoms with Crippen molar-refractivity contribution in [1.29, 1.82) is 0 Å². The number of benzene rings is 1. The number of aromatic nitrogens is 2. The lowest BCUT2D eigenvalue weighted by molar-refractivity contribution is 0.0695. The average molecular weight is 309 g/mol. The minimum atomic E-state index is -0.934. The number of carboxylic acids is 1. The molecule has 4 nitrogen and oxygen atoms in total. The van der Waals surface area contributed by atoms with Gasteiger partial charge in [-0.1, -0.05) is 25.5 Å². The van der Waals surface area contributed by atoms with E-state index in [0.29, 0.717) is 6.42 Å². The molecule has 2 rings (SSSR count). The van der Waals surface area contributed by atoms with Gasteiger partial charge in [0.2, 0.25) is 0 Å². The zero-order valence-corrected chi connectivity index (χ0v) is 11.5. The standard InChI is InChI=1S/C13H13BrN2O2/c1-2-5-11-9(13(17)18)8-15-16(11)12-7-4-3-6-10(12)14/h3-4,6-8H,2,5H2,1H3,(H,17,18). The Kier molecular flexibility index (Phi) is 3.81. The summed E-state index contributed by atoms with van der Waals surface area (Å²) in [6.07, 6.45) is 2.96. The SMILES string of the molecule is CCCc1c(C(=O)O)cnn1-c1ccccc1Br. The van der Waals surface area contributed by atoms with Gasteiger partial charge in [-0.15, -0.1) is 0 Å². The van der Waals surface area contributed by atoms with E-state index >= 15 is 0 Å². The fourth-order valence-corrected chi connectivity index (χ4v) is 2.31. The number of hydrogen-bond donors (Lipinski definition) is 1. The van der Waals surface area contributed by atoms with Crippen LogP contribution in [0.3, 0.4) is 0 Å². The minimum Gasteiger partial charge on any atom is -0.478 e. The summed E-state index contributed by atoms with van der Waals surface area (Å²) in [7, 11) is 0. The van der Waals surface area contributed by atoms with Crippen molar-refractivity contribution in [3.05, 3.63) is 46.2 Å². The minimum absolute atomic E-state index is 0.271. The highest BCUT2D eigenvalue weighted by Gasteiger charge is 2.17. The molecule has 0 atom stereocenters. The van der Waals surface area contributed by atoms with Crippen LogP contribution >= 0.6 is 15.9 Å². The molecule has 0 saturated carbocycles. The average Bonchev–Trinajstić information content (AvgIpc) is 2.74. The van der Waals surface area contributed by atoms with Crippen molar-refractivity contribution in [3.8, 4) is 5.69 Å². The fourth-order valence-electron chi connectivity index (χ4n) is 1.86. The molecule has 5 heteroatoms. The van der Waals surface area contributed by atoms with Crippen LogP contribution in [-0.2, 0) is 6.42 Å². The summed E-state index contributed by atoms with van der Waals surface area (Å²) < 4.78 is 2.58. The molecule has 1 N–H and O–H groups in total. The van der Waals surface area contributed by atoms with Gasteiger partial charge in [0.15, 0.2) is 0 Å². The summed E-state index contributed by atoms with van der Waals surface area (Å²) in [6, 6.07) is 7.63. The molecule has 0 saturated heterocycles. The zero-order chi connectivity index (χ0) is 13.1. The Morgan fingerprint density at radius 3 is 2.78 bits per heavy atom. The first-order chi connectivity index (χ1) is 8.65. The van der Waals surface area contributed by atoms with Crippen molar-refractivity contribution in [2.24, 2.45) is 0 Å². The van der Waals surface area contributed by atoms with Crippen molar-refractivity contribution in [3.63, 3.8) is 0 Å². The Labute approximate surface area is 113 Å². The summed E-state index contributed by atoms with van der Waals surface area (Å²) in [5, 5.41) is 13.3. The van der Waals surface area contributed by atoms with Gasteiger partial charge in [-0.25, -0.2) is 9.48 Å². The summed E-state index contributed by atoms with van der Waals surface area (Å²) in [6.45, 7) is 2.02. The molecule has 0 bridgehead atoms. The second-order valence-corrected chi connectivity index (χ2v) is 4.78. The molecular weight excluding hydrogens is 296 g/mol. The molecule has 0 amide bonds. The summed E-state index contributed by atoms with van der Waals surface area (Å²) in [5.74, 6) is -0.934. The van der Waals surface area contributed by atoms with Crippen LogP contribution in [0.4, 0.5) is 0 Å². The number of nitrogens with zero attached hydrogens (tertiary/aromatic N) is 2. The number of aromatic carboxylic acids is 1. The van der Waals surface area contributed by atoms with Gasteiger partial charge in [0.05, 0.1) is 17.6 Å². The Hall–Kier alpha value is -1.62. The summed E-state index contributed by atoms with van der Waals surface area (Å²) in [4.78, 5) is 11.2. The van der Waals surface area contributed by atoms with E-state index < -0.39 is 5.97 Å². The molecular formula is C13H13BrN2O2. The predicted molar refractivity (Wildman–Crippen MR) is 72.2 cm³/mol.